The largest absolute Gasteiger partial charge is 0.490 e. The lowest BCUT2D eigenvalue weighted by atomic mass is 9.97. The summed E-state index contributed by atoms with van der Waals surface area (Å²) in [6, 6.07) is 14.7. The van der Waals surface area contributed by atoms with Crippen molar-refractivity contribution in [2.24, 2.45) is 5.92 Å². The maximum atomic E-state index is 12.9. The van der Waals surface area contributed by atoms with Gasteiger partial charge in [-0.05, 0) is 49.5 Å². The average molecular weight is 487 g/mol. The highest BCUT2D eigenvalue weighted by atomic mass is 32.2. The number of ether oxygens (including phenoxy) is 2. The van der Waals surface area contributed by atoms with Gasteiger partial charge in [-0.1, -0.05) is 44.2 Å². The Morgan fingerprint density at radius 3 is 2.29 bits per heavy atom. The van der Waals surface area contributed by atoms with Gasteiger partial charge in [0, 0.05) is 36.2 Å². The van der Waals surface area contributed by atoms with Crippen LogP contribution >= 0.6 is 0 Å². The Hall–Kier alpha value is -2.84. The summed E-state index contributed by atoms with van der Waals surface area (Å²) in [5.41, 5.74) is 1.47. The molecule has 0 atom stereocenters. The molecule has 1 saturated heterocycles. The number of anilines is 1. The number of nitrogens with zero attached hydrogens (tertiary/aromatic N) is 1. The van der Waals surface area contributed by atoms with Gasteiger partial charge in [-0.3, -0.25) is 4.79 Å². The van der Waals surface area contributed by atoms with Crippen molar-refractivity contribution in [2.45, 2.75) is 39.5 Å². The van der Waals surface area contributed by atoms with Crippen LogP contribution in [0.25, 0.3) is 6.08 Å². The molecule has 0 aliphatic carbocycles. The van der Waals surface area contributed by atoms with Crippen LogP contribution in [0.15, 0.2) is 53.9 Å². The molecule has 1 N–H and O–H groups in total. The van der Waals surface area contributed by atoms with E-state index in [0.717, 1.165) is 18.4 Å². The molecule has 1 fully saturated rings. The Balaban J connectivity index is 1.57. The first-order valence-corrected chi connectivity index (χ1v) is 13.4. The third-order valence-corrected chi connectivity index (χ3v) is 7.12. The van der Waals surface area contributed by atoms with Gasteiger partial charge in [-0.2, -0.15) is 4.31 Å². The molecule has 34 heavy (non-hydrogen) atoms. The Kier molecular flexibility index (Phi) is 9.53. The normalized spacial score (nSPS) is 15.4. The summed E-state index contributed by atoms with van der Waals surface area (Å²) in [6.45, 7) is 5.85. The number of nitrogens with one attached hydrogen (secondary N) is 1. The summed E-state index contributed by atoms with van der Waals surface area (Å²) >= 11 is 0. The van der Waals surface area contributed by atoms with Crippen LogP contribution in [0.3, 0.4) is 0 Å². The van der Waals surface area contributed by atoms with E-state index in [0.29, 0.717) is 56.3 Å². The molecule has 1 aliphatic heterocycles. The van der Waals surface area contributed by atoms with Crippen LogP contribution in [0.1, 0.15) is 45.1 Å². The zero-order valence-corrected chi connectivity index (χ0v) is 20.7. The predicted octanol–water partition coefficient (Wildman–Crippen LogP) is 4.92. The summed E-state index contributed by atoms with van der Waals surface area (Å²) < 4.78 is 38.3. The summed E-state index contributed by atoms with van der Waals surface area (Å²) in [7, 11) is -3.53. The summed E-state index contributed by atoms with van der Waals surface area (Å²) in [4.78, 5) is 12.9. The van der Waals surface area contributed by atoms with Crippen LogP contribution in [0.4, 0.5) is 5.69 Å². The number of hydrogen-bond donors (Lipinski definition) is 1. The van der Waals surface area contributed by atoms with Crippen LogP contribution < -0.4 is 14.8 Å². The first-order chi connectivity index (χ1) is 16.4. The number of carbonyl (C=O) groups is 1. The molecule has 184 valence electrons. The fourth-order valence-electron chi connectivity index (χ4n) is 3.67. The molecule has 0 saturated carbocycles. The number of amides is 1. The Morgan fingerprint density at radius 1 is 1.00 bits per heavy atom. The molecule has 2 aromatic rings. The van der Waals surface area contributed by atoms with Crippen molar-refractivity contribution in [1.82, 2.24) is 4.31 Å². The van der Waals surface area contributed by atoms with E-state index in [1.54, 1.807) is 18.2 Å². The highest BCUT2D eigenvalue weighted by molar-refractivity contribution is 7.92. The number of piperidine rings is 1. The SMILES string of the molecule is CCCOc1ccc(NC(=O)C2CCN(S(=O)(=O)/C=C/c3ccccc3)CC2)cc1OCCC. The Morgan fingerprint density at radius 2 is 1.65 bits per heavy atom. The van der Waals surface area contributed by atoms with E-state index in [1.807, 2.05) is 50.2 Å². The van der Waals surface area contributed by atoms with Crippen molar-refractivity contribution >= 4 is 27.7 Å². The van der Waals surface area contributed by atoms with E-state index in [1.165, 1.54) is 9.71 Å². The van der Waals surface area contributed by atoms with E-state index in [4.69, 9.17) is 9.47 Å². The predicted molar refractivity (Wildman–Crippen MR) is 135 cm³/mol. The third kappa shape index (κ3) is 7.33. The van der Waals surface area contributed by atoms with Gasteiger partial charge in [0.25, 0.3) is 0 Å². The maximum Gasteiger partial charge on any atom is 0.236 e. The molecule has 0 unspecified atom stereocenters. The maximum absolute atomic E-state index is 12.9. The molecule has 0 radical (unpaired) electrons. The molecule has 0 spiro atoms. The molecule has 1 aliphatic rings. The minimum Gasteiger partial charge on any atom is -0.490 e. The first kappa shape index (κ1) is 25.8. The van der Waals surface area contributed by atoms with Gasteiger partial charge in [-0.25, -0.2) is 8.42 Å². The van der Waals surface area contributed by atoms with Crippen LogP contribution in [0, 0.1) is 5.92 Å². The monoisotopic (exact) mass is 486 g/mol. The molecular formula is C26H34N2O5S. The van der Waals surface area contributed by atoms with Crippen molar-refractivity contribution in [3.8, 4) is 11.5 Å². The van der Waals surface area contributed by atoms with Gasteiger partial charge in [0.1, 0.15) is 0 Å². The minimum atomic E-state index is -3.53. The lowest BCUT2D eigenvalue weighted by Crippen LogP contribution is -2.40. The molecule has 7 nitrogen and oxygen atoms in total. The van der Waals surface area contributed by atoms with Gasteiger partial charge >= 0.3 is 0 Å². The molecule has 8 heteroatoms. The number of sulfonamides is 1. The van der Waals surface area contributed by atoms with E-state index >= 15 is 0 Å². The van der Waals surface area contributed by atoms with Gasteiger partial charge in [0.05, 0.1) is 13.2 Å². The van der Waals surface area contributed by atoms with Gasteiger partial charge < -0.3 is 14.8 Å². The van der Waals surface area contributed by atoms with Crippen molar-refractivity contribution in [3.05, 3.63) is 59.5 Å². The van der Waals surface area contributed by atoms with Crippen molar-refractivity contribution in [1.29, 1.82) is 0 Å². The molecule has 1 amide bonds. The standard InChI is InChI=1S/C26H34N2O5S/c1-3-17-32-24-11-10-23(20-25(24)33-18-4-2)27-26(29)22-12-15-28(16-13-22)34(30,31)19-14-21-8-6-5-7-9-21/h5-11,14,19-20,22H,3-4,12-13,15-18H2,1-2H3,(H,27,29)/b19-14+. The van der Waals surface area contributed by atoms with Crippen molar-refractivity contribution in [2.75, 3.05) is 31.6 Å². The zero-order chi connectivity index (χ0) is 24.4. The lowest BCUT2D eigenvalue weighted by molar-refractivity contribution is -0.120. The first-order valence-electron chi connectivity index (χ1n) is 11.9. The molecule has 1 heterocycles. The fraction of sp³-hybridized carbons (Fsp3) is 0.423. The molecule has 0 bridgehead atoms. The van der Waals surface area contributed by atoms with E-state index in [-0.39, 0.29) is 11.8 Å². The van der Waals surface area contributed by atoms with Gasteiger partial charge in [0.15, 0.2) is 11.5 Å². The summed E-state index contributed by atoms with van der Waals surface area (Å²) in [5, 5.41) is 4.19. The minimum absolute atomic E-state index is 0.111. The van der Waals surface area contributed by atoms with Gasteiger partial charge in [-0.15, -0.1) is 0 Å². The Labute approximate surface area is 202 Å². The highest BCUT2D eigenvalue weighted by Gasteiger charge is 2.30. The number of benzene rings is 2. The van der Waals surface area contributed by atoms with Crippen molar-refractivity contribution < 1.29 is 22.7 Å². The van der Waals surface area contributed by atoms with Crippen LogP contribution in [-0.4, -0.2) is 44.9 Å². The smallest absolute Gasteiger partial charge is 0.236 e. The summed E-state index contributed by atoms with van der Waals surface area (Å²) in [5.74, 6) is 0.913. The third-order valence-electron chi connectivity index (χ3n) is 5.55. The Bertz CT molecular complexity index is 1060. The van der Waals surface area contributed by atoms with Crippen LogP contribution in [-0.2, 0) is 14.8 Å². The number of rotatable bonds is 11. The highest BCUT2D eigenvalue weighted by Crippen LogP contribution is 2.31. The second-order valence-corrected chi connectivity index (χ2v) is 10.1. The number of carbonyl (C=O) groups excluding carboxylic acids is 1. The van der Waals surface area contributed by atoms with E-state index in [2.05, 4.69) is 5.32 Å². The molecule has 2 aromatic carbocycles. The quantitative estimate of drug-likeness (QED) is 0.488. The second kappa shape index (κ2) is 12.6. The fourth-order valence-corrected chi connectivity index (χ4v) is 4.89. The zero-order valence-electron chi connectivity index (χ0n) is 19.9. The topological polar surface area (TPSA) is 84.9 Å². The second-order valence-electron chi connectivity index (χ2n) is 8.28. The molecule has 0 aromatic heterocycles. The van der Waals surface area contributed by atoms with E-state index < -0.39 is 10.0 Å². The van der Waals surface area contributed by atoms with E-state index in [9.17, 15) is 13.2 Å². The van der Waals surface area contributed by atoms with Gasteiger partial charge in [0.2, 0.25) is 15.9 Å². The lowest BCUT2D eigenvalue weighted by Gasteiger charge is -2.29. The van der Waals surface area contributed by atoms with Crippen LogP contribution in [0.5, 0.6) is 11.5 Å². The van der Waals surface area contributed by atoms with Crippen LogP contribution in [0.2, 0.25) is 0 Å². The molecule has 3 rings (SSSR count). The number of hydrogen-bond acceptors (Lipinski definition) is 5. The summed E-state index contributed by atoms with van der Waals surface area (Å²) in [6.07, 6.45) is 4.30. The average Bonchev–Trinajstić information content (AvgIpc) is 2.86. The van der Waals surface area contributed by atoms with Crippen molar-refractivity contribution in [3.63, 3.8) is 0 Å². The molecular weight excluding hydrogens is 452 g/mol.